The van der Waals surface area contributed by atoms with Crippen molar-refractivity contribution in [2.75, 3.05) is 26.0 Å². The van der Waals surface area contributed by atoms with Gasteiger partial charge in [0.1, 0.15) is 41.8 Å². The second-order valence-electron chi connectivity index (χ2n) is 10.6. The molecular weight excluding hydrogens is 562 g/mol. The number of ether oxygens (including phenoxy) is 3. The van der Waals surface area contributed by atoms with Gasteiger partial charge in [0.05, 0.1) is 18.8 Å². The molecule has 0 radical (unpaired) electrons. The number of hydrogen-bond donors (Lipinski definition) is 5. The molecule has 5 N–H and O–H groups in total. The van der Waals surface area contributed by atoms with Crippen molar-refractivity contribution in [2.24, 2.45) is 0 Å². The molecule has 14 nitrogen and oxygen atoms in total. The van der Waals surface area contributed by atoms with E-state index in [1.54, 1.807) is 20.8 Å². The van der Waals surface area contributed by atoms with Gasteiger partial charge in [-0.25, -0.2) is 14.4 Å². The van der Waals surface area contributed by atoms with E-state index in [0.717, 1.165) is 29.8 Å². The first-order chi connectivity index (χ1) is 19.1. The molecule has 41 heavy (non-hydrogen) atoms. The summed E-state index contributed by atoms with van der Waals surface area (Å²) < 4.78 is 15.5. The molecule has 0 bridgehead atoms. The fraction of sp³-hybridized carbons (Fsp3) is 0.577. The van der Waals surface area contributed by atoms with Crippen molar-refractivity contribution in [1.29, 1.82) is 0 Å². The molecule has 2 aliphatic heterocycles. The SMILES string of the molecule is COC(=O)[C@H]1CSCc2c(O)cc(O)c(C)c2C(=O)OC[C@H](NC(=O)[C@@H]2[C@H](O)CCN2C(=O)OC(C)(C)C)C(=O)N1. The highest BCUT2D eigenvalue weighted by molar-refractivity contribution is 7.98. The number of fused-ring (bicyclic) bond motifs is 1. The minimum atomic E-state index is -1.56. The van der Waals surface area contributed by atoms with Crippen LogP contribution < -0.4 is 10.6 Å². The maximum absolute atomic E-state index is 13.3. The number of aliphatic hydroxyl groups is 1. The Morgan fingerprint density at radius 1 is 1.20 bits per heavy atom. The zero-order chi connectivity index (χ0) is 30.6. The molecule has 1 aromatic carbocycles. The zero-order valence-corrected chi connectivity index (χ0v) is 24.2. The summed E-state index contributed by atoms with van der Waals surface area (Å²) in [4.78, 5) is 65.8. The van der Waals surface area contributed by atoms with Crippen LogP contribution >= 0.6 is 11.8 Å². The number of carbonyl (C=O) groups is 5. The Hall–Kier alpha value is -3.72. The Morgan fingerprint density at radius 3 is 2.51 bits per heavy atom. The number of likely N-dealkylation sites (tertiary alicyclic amines) is 1. The molecule has 4 atom stereocenters. The monoisotopic (exact) mass is 597 g/mol. The Kier molecular flexibility index (Phi) is 9.97. The van der Waals surface area contributed by atoms with Crippen LogP contribution in [-0.4, -0.2) is 106 Å². The van der Waals surface area contributed by atoms with Crippen molar-refractivity contribution in [3.63, 3.8) is 0 Å². The molecule has 3 amide bonds. The lowest BCUT2D eigenvalue weighted by molar-refractivity contribution is -0.145. The van der Waals surface area contributed by atoms with Gasteiger partial charge >= 0.3 is 18.0 Å². The van der Waals surface area contributed by atoms with Gasteiger partial charge in [-0.05, 0) is 34.1 Å². The lowest BCUT2D eigenvalue weighted by atomic mass is 10.0. The molecule has 0 aromatic heterocycles. The molecule has 2 aliphatic rings. The summed E-state index contributed by atoms with van der Waals surface area (Å²) in [7, 11) is 1.14. The number of aliphatic hydroxyl groups excluding tert-OH is 1. The third-order valence-electron chi connectivity index (χ3n) is 6.46. The fourth-order valence-corrected chi connectivity index (χ4v) is 5.45. The number of carbonyl (C=O) groups excluding carboxylic acids is 5. The van der Waals surface area contributed by atoms with Crippen LogP contribution in [0.1, 0.15) is 48.7 Å². The van der Waals surface area contributed by atoms with Crippen molar-refractivity contribution in [3.8, 4) is 11.5 Å². The largest absolute Gasteiger partial charge is 0.508 e. The molecule has 1 fully saturated rings. The highest BCUT2D eigenvalue weighted by atomic mass is 32.2. The molecular formula is C26H35N3O11S. The number of phenolic OH excluding ortho intramolecular Hbond substituents is 2. The second-order valence-corrected chi connectivity index (χ2v) is 11.7. The summed E-state index contributed by atoms with van der Waals surface area (Å²) in [5, 5.41) is 36.0. The number of thioether (sulfide) groups is 1. The van der Waals surface area contributed by atoms with Crippen LogP contribution in [0.3, 0.4) is 0 Å². The highest BCUT2D eigenvalue weighted by Crippen LogP contribution is 2.35. The first kappa shape index (κ1) is 31.8. The van der Waals surface area contributed by atoms with E-state index in [1.807, 2.05) is 0 Å². The Labute approximate surface area is 240 Å². The molecule has 0 spiro atoms. The molecule has 1 saturated heterocycles. The van der Waals surface area contributed by atoms with Crippen LogP contribution in [0.4, 0.5) is 4.79 Å². The van der Waals surface area contributed by atoms with E-state index in [1.165, 1.54) is 6.92 Å². The number of rotatable bonds is 3. The van der Waals surface area contributed by atoms with Gasteiger partial charge in [0.15, 0.2) is 0 Å². The predicted molar refractivity (Wildman–Crippen MR) is 144 cm³/mol. The minimum Gasteiger partial charge on any atom is -0.508 e. The van der Waals surface area contributed by atoms with E-state index >= 15 is 0 Å². The zero-order valence-electron chi connectivity index (χ0n) is 23.4. The summed E-state index contributed by atoms with van der Waals surface area (Å²) in [6, 6.07) is -3.06. The molecule has 226 valence electrons. The maximum Gasteiger partial charge on any atom is 0.411 e. The molecule has 0 aliphatic carbocycles. The van der Waals surface area contributed by atoms with Gasteiger partial charge in [0.25, 0.3) is 0 Å². The van der Waals surface area contributed by atoms with Gasteiger partial charge < -0.3 is 40.2 Å². The maximum atomic E-state index is 13.3. The van der Waals surface area contributed by atoms with Crippen LogP contribution in [0.15, 0.2) is 6.07 Å². The molecule has 3 rings (SSSR count). The van der Waals surface area contributed by atoms with Gasteiger partial charge in [0, 0.05) is 35.2 Å². The summed E-state index contributed by atoms with van der Waals surface area (Å²) in [5.41, 5.74) is -0.727. The Morgan fingerprint density at radius 2 is 1.88 bits per heavy atom. The van der Waals surface area contributed by atoms with Crippen molar-refractivity contribution in [1.82, 2.24) is 15.5 Å². The average molecular weight is 598 g/mol. The van der Waals surface area contributed by atoms with Crippen LogP contribution in [0, 0.1) is 6.92 Å². The number of esters is 2. The van der Waals surface area contributed by atoms with Gasteiger partial charge in [-0.3, -0.25) is 14.5 Å². The highest BCUT2D eigenvalue weighted by Gasteiger charge is 2.44. The number of nitrogens with zero attached hydrogens (tertiary/aromatic N) is 1. The lowest BCUT2D eigenvalue weighted by Crippen LogP contribution is -2.59. The fourth-order valence-electron chi connectivity index (χ4n) is 4.38. The number of amides is 3. The smallest absolute Gasteiger partial charge is 0.411 e. The van der Waals surface area contributed by atoms with E-state index in [4.69, 9.17) is 14.2 Å². The Balaban J connectivity index is 1.92. The van der Waals surface area contributed by atoms with Crippen molar-refractivity contribution < 1.29 is 53.5 Å². The molecule has 0 saturated carbocycles. The third-order valence-corrected chi connectivity index (χ3v) is 7.52. The van der Waals surface area contributed by atoms with Gasteiger partial charge in [-0.15, -0.1) is 0 Å². The normalized spacial score (nSPS) is 23.7. The summed E-state index contributed by atoms with van der Waals surface area (Å²) in [5.74, 6) is -4.29. The minimum absolute atomic E-state index is 0.0186. The van der Waals surface area contributed by atoms with Crippen molar-refractivity contribution in [3.05, 3.63) is 22.8 Å². The number of hydrogen-bond acceptors (Lipinski definition) is 12. The van der Waals surface area contributed by atoms with Gasteiger partial charge in [-0.2, -0.15) is 11.8 Å². The Bertz CT molecular complexity index is 1220. The number of nitrogens with one attached hydrogen (secondary N) is 2. The van der Waals surface area contributed by atoms with Crippen molar-refractivity contribution >= 4 is 41.6 Å². The summed E-state index contributed by atoms with van der Waals surface area (Å²) >= 11 is 1.10. The van der Waals surface area contributed by atoms with Gasteiger partial charge in [0.2, 0.25) is 11.8 Å². The summed E-state index contributed by atoms with van der Waals surface area (Å²) in [6.07, 6.45) is -2.02. The predicted octanol–water partition coefficient (Wildman–Crippen LogP) is 0.323. The van der Waals surface area contributed by atoms with Gasteiger partial charge in [-0.1, -0.05) is 0 Å². The number of methoxy groups -OCH3 is 1. The number of cyclic esters (lactones) is 1. The van der Waals surface area contributed by atoms with Crippen LogP contribution in [-0.2, 0) is 34.3 Å². The van der Waals surface area contributed by atoms with Crippen molar-refractivity contribution in [2.45, 2.75) is 69.7 Å². The molecule has 0 unspecified atom stereocenters. The number of aromatic hydroxyl groups is 2. The van der Waals surface area contributed by atoms with E-state index < -0.39 is 66.3 Å². The van der Waals surface area contributed by atoms with Crippen LogP contribution in [0.25, 0.3) is 0 Å². The van der Waals surface area contributed by atoms with Crippen LogP contribution in [0.5, 0.6) is 11.5 Å². The first-order valence-electron chi connectivity index (χ1n) is 12.8. The topological polar surface area (TPSA) is 201 Å². The molecule has 15 heteroatoms. The van der Waals surface area contributed by atoms with E-state index in [-0.39, 0.29) is 52.7 Å². The standard InChI is InChI=1S/C26H35N3O11S/c1-12-17(31)8-18(32)13-10-41-11-15(23(35)38-5)28-21(33)14(9-39-24(36)19(12)13)27-22(34)20-16(30)6-7-29(20)25(37)40-26(2,3)4/h8,14-16,20,30-32H,6-7,9-11H2,1-5H3,(H,27,34)(H,28,33)/t14-,15+,16+,20-/m0/s1. The number of phenols is 2. The van der Waals surface area contributed by atoms with E-state index in [9.17, 15) is 39.3 Å². The number of benzene rings is 1. The molecule has 1 aromatic rings. The molecule has 2 heterocycles. The van der Waals surface area contributed by atoms with E-state index in [2.05, 4.69) is 10.6 Å². The quantitative estimate of drug-likeness (QED) is 0.236. The first-order valence-corrected chi connectivity index (χ1v) is 14.0. The second kappa shape index (κ2) is 12.9. The lowest BCUT2D eigenvalue weighted by Gasteiger charge is -2.30. The average Bonchev–Trinajstić information content (AvgIpc) is 3.27. The van der Waals surface area contributed by atoms with Crippen LogP contribution in [0.2, 0.25) is 0 Å². The van der Waals surface area contributed by atoms with E-state index in [0.29, 0.717) is 0 Å². The third kappa shape index (κ3) is 7.52. The summed E-state index contributed by atoms with van der Waals surface area (Å²) in [6.45, 7) is 5.68.